The molecule has 0 radical (unpaired) electrons. The Morgan fingerprint density at radius 2 is 2.17 bits per heavy atom. The molecule has 4 heteroatoms. The van der Waals surface area contributed by atoms with E-state index in [-0.39, 0.29) is 0 Å². The van der Waals surface area contributed by atoms with Crippen LogP contribution in [0.5, 0.6) is 0 Å². The summed E-state index contributed by atoms with van der Waals surface area (Å²) < 4.78 is 0. The molecule has 102 valence electrons. The van der Waals surface area contributed by atoms with E-state index in [9.17, 15) is 0 Å². The molecule has 1 aromatic rings. The minimum absolute atomic E-state index is 0.565. The van der Waals surface area contributed by atoms with Gasteiger partial charge < -0.3 is 10.2 Å². The molecule has 1 fully saturated rings. The van der Waals surface area contributed by atoms with Gasteiger partial charge in [-0.15, -0.1) is 11.3 Å². The maximum absolute atomic E-state index is 4.40. The lowest BCUT2D eigenvalue weighted by atomic mass is 10.1. The highest BCUT2D eigenvalue weighted by molar-refractivity contribution is 7.11. The second kappa shape index (κ2) is 7.22. The molecule has 0 aromatic carbocycles. The summed E-state index contributed by atoms with van der Waals surface area (Å²) in [4.78, 5) is 8.34. The summed E-state index contributed by atoms with van der Waals surface area (Å²) in [5, 5.41) is 4.86. The minimum atomic E-state index is 0.565. The molecule has 1 unspecified atom stereocenters. The van der Waals surface area contributed by atoms with E-state index in [0.717, 1.165) is 13.0 Å². The molecule has 0 amide bonds. The molecule has 0 aliphatic carbocycles. The van der Waals surface area contributed by atoms with Crippen molar-refractivity contribution in [1.82, 2.24) is 15.2 Å². The van der Waals surface area contributed by atoms with Crippen LogP contribution in [0.3, 0.4) is 0 Å². The van der Waals surface area contributed by atoms with Crippen LogP contribution in [-0.4, -0.2) is 35.6 Å². The van der Waals surface area contributed by atoms with Crippen molar-refractivity contribution in [3.63, 3.8) is 0 Å². The lowest BCUT2D eigenvalue weighted by Gasteiger charge is -2.29. The molecule has 1 aromatic heterocycles. The number of thiazole rings is 1. The van der Waals surface area contributed by atoms with Crippen molar-refractivity contribution in [2.45, 2.75) is 52.1 Å². The van der Waals surface area contributed by atoms with Gasteiger partial charge in [-0.2, -0.15) is 0 Å². The Morgan fingerprint density at radius 3 is 2.83 bits per heavy atom. The van der Waals surface area contributed by atoms with Crippen molar-refractivity contribution < 1.29 is 0 Å². The maximum Gasteiger partial charge on any atom is 0.0925 e. The smallest absolute Gasteiger partial charge is 0.0925 e. The predicted octanol–water partition coefficient (Wildman–Crippen LogP) is 2.67. The molecule has 2 heterocycles. The molecule has 3 nitrogen and oxygen atoms in total. The molecule has 18 heavy (non-hydrogen) atoms. The summed E-state index contributed by atoms with van der Waals surface area (Å²) in [6, 6.07) is 0.565. The molecule has 2 rings (SSSR count). The number of aryl methyl sites for hydroxylation is 1. The van der Waals surface area contributed by atoms with Gasteiger partial charge in [-0.05, 0) is 39.3 Å². The number of hydrogen-bond donors (Lipinski definition) is 1. The van der Waals surface area contributed by atoms with Crippen LogP contribution in [0.25, 0.3) is 0 Å². The lowest BCUT2D eigenvalue weighted by Crippen LogP contribution is -2.41. The quantitative estimate of drug-likeness (QED) is 0.859. The first-order valence-corrected chi connectivity index (χ1v) is 7.99. The lowest BCUT2D eigenvalue weighted by molar-refractivity contribution is 0.209. The van der Waals surface area contributed by atoms with Crippen LogP contribution >= 0.6 is 11.3 Å². The fourth-order valence-corrected chi connectivity index (χ4v) is 3.28. The summed E-state index contributed by atoms with van der Waals surface area (Å²) in [5.41, 5.74) is 0. The average Bonchev–Trinajstić information content (AvgIpc) is 2.85. The Kier molecular flexibility index (Phi) is 5.60. The number of aromatic nitrogens is 1. The Bertz CT molecular complexity index is 345. The van der Waals surface area contributed by atoms with Gasteiger partial charge in [0.05, 0.1) is 5.01 Å². The molecular formula is C14H25N3S. The van der Waals surface area contributed by atoms with Crippen LogP contribution in [0.2, 0.25) is 0 Å². The third kappa shape index (κ3) is 4.34. The molecule has 1 N–H and O–H groups in total. The summed E-state index contributed by atoms with van der Waals surface area (Å²) in [6.07, 6.45) is 7.24. The molecule has 0 bridgehead atoms. The molecular weight excluding hydrogens is 242 g/mol. The van der Waals surface area contributed by atoms with Gasteiger partial charge >= 0.3 is 0 Å². The Morgan fingerprint density at radius 1 is 1.39 bits per heavy atom. The topological polar surface area (TPSA) is 28.2 Å². The number of nitrogens with one attached hydrogen (secondary N) is 1. The highest BCUT2D eigenvalue weighted by atomic mass is 32.1. The van der Waals surface area contributed by atoms with Gasteiger partial charge in [0.2, 0.25) is 0 Å². The molecule has 1 aliphatic rings. The number of piperidine rings is 1. The van der Waals surface area contributed by atoms with Gasteiger partial charge in [0, 0.05) is 30.2 Å². The van der Waals surface area contributed by atoms with Crippen molar-refractivity contribution in [3.8, 4) is 0 Å². The van der Waals surface area contributed by atoms with Crippen LogP contribution in [-0.2, 0) is 13.0 Å². The zero-order chi connectivity index (χ0) is 12.8. The monoisotopic (exact) mass is 267 g/mol. The number of likely N-dealkylation sites (tertiary alicyclic amines) is 1. The van der Waals surface area contributed by atoms with E-state index in [1.54, 1.807) is 0 Å². The van der Waals surface area contributed by atoms with E-state index >= 15 is 0 Å². The highest BCUT2D eigenvalue weighted by Gasteiger charge is 2.13. The fraction of sp³-hybridized carbons (Fsp3) is 0.786. The maximum atomic E-state index is 4.40. The van der Waals surface area contributed by atoms with Gasteiger partial charge in [0.25, 0.3) is 0 Å². The average molecular weight is 267 g/mol. The zero-order valence-electron chi connectivity index (χ0n) is 11.6. The summed E-state index contributed by atoms with van der Waals surface area (Å²) >= 11 is 1.83. The fourth-order valence-electron chi connectivity index (χ4n) is 2.46. The first-order valence-electron chi connectivity index (χ1n) is 7.17. The second-order valence-electron chi connectivity index (χ2n) is 5.22. The van der Waals surface area contributed by atoms with E-state index in [1.165, 1.54) is 48.8 Å². The molecule has 0 saturated carbocycles. The normalized spacial score (nSPS) is 19.0. The van der Waals surface area contributed by atoms with E-state index < -0.39 is 0 Å². The summed E-state index contributed by atoms with van der Waals surface area (Å²) in [5.74, 6) is 0. The van der Waals surface area contributed by atoms with Gasteiger partial charge in [-0.3, -0.25) is 0 Å². The first-order chi connectivity index (χ1) is 8.78. The van der Waals surface area contributed by atoms with Crippen molar-refractivity contribution in [2.75, 3.05) is 19.6 Å². The third-order valence-electron chi connectivity index (χ3n) is 3.51. The van der Waals surface area contributed by atoms with Gasteiger partial charge in [-0.25, -0.2) is 4.98 Å². The summed E-state index contributed by atoms with van der Waals surface area (Å²) in [7, 11) is 0. The van der Waals surface area contributed by atoms with Crippen LogP contribution in [0.1, 0.15) is 43.0 Å². The number of hydrogen-bond acceptors (Lipinski definition) is 4. The molecule has 0 spiro atoms. The SMILES string of the molecule is CCc1ncc(CNC(C)CN2CCCCC2)s1. The van der Waals surface area contributed by atoms with Crippen molar-refractivity contribution >= 4 is 11.3 Å². The largest absolute Gasteiger partial charge is 0.308 e. The third-order valence-corrected chi connectivity index (χ3v) is 4.65. The Balaban J connectivity index is 1.68. The standard InChI is InChI=1S/C14H25N3S/c1-3-14-16-10-13(18-14)9-15-12(2)11-17-7-5-4-6-8-17/h10,12,15H,3-9,11H2,1-2H3. The van der Waals surface area contributed by atoms with Crippen LogP contribution in [0.4, 0.5) is 0 Å². The second-order valence-corrected chi connectivity index (χ2v) is 6.42. The van der Waals surface area contributed by atoms with Crippen LogP contribution in [0, 0.1) is 0 Å². The minimum Gasteiger partial charge on any atom is -0.308 e. The first kappa shape index (κ1) is 14.0. The van der Waals surface area contributed by atoms with Crippen molar-refractivity contribution in [2.24, 2.45) is 0 Å². The Labute approximate surface area is 115 Å². The van der Waals surface area contributed by atoms with E-state index in [2.05, 4.69) is 29.0 Å². The zero-order valence-corrected chi connectivity index (χ0v) is 12.4. The molecule has 1 saturated heterocycles. The van der Waals surface area contributed by atoms with Gasteiger partial charge in [0.15, 0.2) is 0 Å². The Hall–Kier alpha value is -0.450. The van der Waals surface area contributed by atoms with E-state index in [0.29, 0.717) is 6.04 Å². The van der Waals surface area contributed by atoms with E-state index in [1.807, 2.05) is 17.5 Å². The van der Waals surface area contributed by atoms with Gasteiger partial charge in [0.1, 0.15) is 0 Å². The van der Waals surface area contributed by atoms with Gasteiger partial charge in [-0.1, -0.05) is 13.3 Å². The van der Waals surface area contributed by atoms with Crippen molar-refractivity contribution in [3.05, 3.63) is 16.1 Å². The number of rotatable bonds is 6. The van der Waals surface area contributed by atoms with Crippen LogP contribution in [0.15, 0.2) is 6.20 Å². The highest BCUT2D eigenvalue weighted by Crippen LogP contribution is 2.13. The van der Waals surface area contributed by atoms with Crippen LogP contribution < -0.4 is 5.32 Å². The van der Waals surface area contributed by atoms with Crippen molar-refractivity contribution in [1.29, 1.82) is 0 Å². The van der Waals surface area contributed by atoms with E-state index in [4.69, 9.17) is 0 Å². The predicted molar refractivity (Wildman–Crippen MR) is 78.1 cm³/mol. The summed E-state index contributed by atoms with van der Waals surface area (Å²) in [6.45, 7) is 9.16. The molecule has 1 atom stereocenters. The number of nitrogens with zero attached hydrogens (tertiary/aromatic N) is 2. The molecule has 1 aliphatic heterocycles.